The van der Waals surface area contributed by atoms with Crippen molar-refractivity contribution in [3.8, 4) is 84.0 Å². The van der Waals surface area contributed by atoms with Crippen molar-refractivity contribution in [3.63, 3.8) is 0 Å². The molecule has 0 amide bonds. The molecule has 11 aromatic rings. The molecule has 0 saturated heterocycles. The summed E-state index contributed by atoms with van der Waals surface area (Å²) in [5, 5.41) is 4.77. The third-order valence-electron chi connectivity index (χ3n) is 11.9. The lowest BCUT2D eigenvalue weighted by molar-refractivity contribution is 1.11. The highest BCUT2D eigenvalue weighted by atomic mass is 15.1. The molecule has 0 spiro atoms. The summed E-state index contributed by atoms with van der Waals surface area (Å²) in [5.74, 6) is 0.683. The number of hydrogen-bond acceptors (Lipinski definition) is 2. The Morgan fingerprint density at radius 3 is 1.59 bits per heavy atom. The van der Waals surface area contributed by atoms with Crippen molar-refractivity contribution in [2.24, 2.45) is 0 Å². The molecule has 0 N–H and O–H groups in total. The lowest BCUT2D eigenvalue weighted by Gasteiger charge is -2.13. The first-order valence-electron chi connectivity index (χ1n) is 20.2. The maximum Gasteiger partial charge on any atom is 0.162 e. The van der Waals surface area contributed by atoms with Gasteiger partial charge in [-0.25, -0.2) is 9.97 Å². The van der Waals surface area contributed by atoms with Gasteiger partial charge in [0.2, 0.25) is 0 Å². The second kappa shape index (κ2) is 13.4. The molecule has 3 heteroatoms. The average molecular weight is 750 g/mol. The lowest BCUT2D eigenvalue weighted by atomic mass is 9.92. The second-order valence-corrected chi connectivity index (χ2v) is 15.3. The van der Waals surface area contributed by atoms with Crippen molar-refractivity contribution in [3.05, 3.63) is 212 Å². The molecule has 3 nitrogen and oxygen atoms in total. The van der Waals surface area contributed by atoms with Gasteiger partial charge in [-0.3, -0.25) is 4.57 Å². The standard InChI is InChI=1S/C56H35N3/c1-3-15-36(16-4-1)37-17-12-21-41(34-37)54-53-50-27-9-10-30-51(50)59(43-23-5-2-6-24-43)56(53)58-55(57-54)42-22-13-19-39(35-42)38-18-11-20-40(33-38)44-31-32-49-46-26-8-7-25-45(46)48-29-14-28-47(44)52(48)49/h1-35H. The zero-order valence-electron chi connectivity index (χ0n) is 32.0. The van der Waals surface area contributed by atoms with Gasteiger partial charge < -0.3 is 0 Å². The van der Waals surface area contributed by atoms with E-state index in [1.807, 2.05) is 0 Å². The minimum atomic E-state index is 0.683. The molecule has 0 radical (unpaired) electrons. The molecular formula is C56H35N3. The Labute approximate surface area is 342 Å². The van der Waals surface area contributed by atoms with Crippen molar-refractivity contribution in [2.75, 3.05) is 0 Å². The van der Waals surface area contributed by atoms with Crippen LogP contribution in [0, 0.1) is 0 Å². The van der Waals surface area contributed by atoms with Crippen molar-refractivity contribution in [2.45, 2.75) is 0 Å². The Morgan fingerprint density at radius 1 is 0.305 bits per heavy atom. The summed E-state index contributed by atoms with van der Waals surface area (Å²) < 4.78 is 2.28. The van der Waals surface area contributed by atoms with Crippen LogP contribution in [0.2, 0.25) is 0 Å². The second-order valence-electron chi connectivity index (χ2n) is 15.3. The SMILES string of the molecule is c1ccc(-c2cccc(-c3nc(-c4cccc(-c5cccc(-c6ccc7c8c(cccc68)-c6ccccc6-7)c5)c4)nc4c3c3ccccc3n4-c3ccccc3)c2)cc1. The molecule has 0 atom stereocenters. The summed E-state index contributed by atoms with van der Waals surface area (Å²) in [6.07, 6.45) is 0. The monoisotopic (exact) mass is 749 g/mol. The number of fused-ring (bicyclic) bond motifs is 6. The minimum Gasteiger partial charge on any atom is -0.294 e. The Morgan fingerprint density at radius 2 is 0.814 bits per heavy atom. The molecule has 274 valence electrons. The Kier molecular flexibility index (Phi) is 7.54. The fourth-order valence-corrected chi connectivity index (χ4v) is 9.27. The molecule has 0 bridgehead atoms. The summed E-state index contributed by atoms with van der Waals surface area (Å²) >= 11 is 0. The third-order valence-corrected chi connectivity index (χ3v) is 11.9. The molecule has 0 saturated carbocycles. The van der Waals surface area contributed by atoms with Gasteiger partial charge in [-0.15, -0.1) is 0 Å². The largest absolute Gasteiger partial charge is 0.294 e. The topological polar surface area (TPSA) is 30.7 Å². The maximum atomic E-state index is 5.48. The van der Waals surface area contributed by atoms with E-state index < -0.39 is 0 Å². The summed E-state index contributed by atoms with van der Waals surface area (Å²) in [5.41, 5.74) is 18.2. The zero-order chi connectivity index (χ0) is 38.9. The van der Waals surface area contributed by atoms with Crippen LogP contribution in [-0.4, -0.2) is 14.5 Å². The van der Waals surface area contributed by atoms with E-state index in [1.165, 1.54) is 49.7 Å². The van der Waals surface area contributed by atoms with Gasteiger partial charge in [-0.2, -0.15) is 0 Å². The predicted molar refractivity (Wildman–Crippen MR) is 245 cm³/mol. The van der Waals surface area contributed by atoms with Crippen LogP contribution in [0.1, 0.15) is 0 Å². The van der Waals surface area contributed by atoms with Gasteiger partial charge in [0.1, 0.15) is 5.65 Å². The molecular weight excluding hydrogens is 715 g/mol. The molecule has 1 aliphatic rings. The van der Waals surface area contributed by atoms with Crippen molar-refractivity contribution in [1.82, 2.24) is 14.5 Å². The Hall–Kier alpha value is -7.88. The van der Waals surface area contributed by atoms with Gasteiger partial charge in [0.05, 0.1) is 16.6 Å². The van der Waals surface area contributed by atoms with Gasteiger partial charge in [0.25, 0.3) is 0 Å². The molecule has 2 heterocycles. The van der Waals surface area contributed by atoms with Crippen LogP contribution in [0.4, 0.5) is 0 Å². The van der Waals surface area contributed by atoms with Gasteiger partial charge in [-0.1, -0.05) is 176 Å². The van der Waals surface area contributed by atoms with E-state index >= 15 is 0 Å². The van der Waals surface area contributed by atoms with Crippen molar-refractivity contribution in [1.29, 1.82) is 0 Å². The lowest BCUT2D eigenvalue weighted by Crippen LogP contribution is -1.99. The molecule has 0 unspecified atom stereocenters. The van der Waals surface area contributed by atoms with Crippen LogP contribution >= 0.6 is 0 Å². The van der Waals surface area contributed by atoms with Gasteiger partial charge in [0.15, 0.2) is 5.82 Å². The van der Waals surface area contributed by atoms with E-state index in [0.29, 0.717) is 5.82 Å². The Bertz CT molecular complexity index is 3400. The summed E-state index contributed by atoms with van der Waals surface area (Å²) in [6, 6.07) is 76.1. The molecule has 0 fully saturated rings. The van der Waals surface area contributed by atoms with Gasteiger partial charge in [-0.05, 0) is 103 Å². The third kappa shape index (κ3) is 5.36. The smallest absolute Gasteiger partial charge is 0.162 e. The first-order valence-corrected chi connectivity index (χ1v) is 20.2. The molecule has 0 aliphatic heterocycles. The van der Waals surface area contributed by atoms with E-state index in [-0.39, 0.29) is 0 Å². The van der Waals surface area contributed by atoms with Crippen LogP contribution in [0.25, 0.3) is 117 Å². The zero-order valence-corrected chi connectivity index (χ0v) is 32.0. The quantitative estimate of drug-likeness (QED) is 0.169. The number of para-hydroxylation sites is 2. The van der Waals surface area contributed by atoms with Crippen LogP contribution in [0.15, 0.2) is 212 Å². The highest BCUT2D eigenvalue weighted by Crippen LogP contribution is 2.49. The summed E-state index contributed by atoms with van der Waals surface area (Å²) in [7, 11) is 0. The van der Waals surface area contributed by atoms with Crippen LogP contribution in [0.5, 0.6) is 0 Å². The highest BCUT2D eigenvalue weighted by Gasteiger charge is 2.23. The van der Waals surface area contributed by atoms with E-state index in [4.69, 9.17) is 9.97 Å². The number of nitrogens with zero attached hydrogens (tertiary/aromatic N) is 3. The van der Waals surface area contributed by atoms with Crippen LogP contribution < -0.4 is 0 Å². The van der Waals surface area contributed by atoms with E-state index in [1.54, 1.807) is 0 Å². The molecule has 9 aromatic carbocycles. The fraction of sp³-hybridized carbons (Fsp3) is 0. The molecule has 1 aliphatic carbocycles. The maximum absolute atomic E-state index is 5.48. The average Bonchev–Trinajstić information content (AvgIpc) is 3.83. The van der Waals surface area contributed by atoms with Gasteiger partial charge in [0, 0.05) is 22.2 Å². The number of aromatic nitrogens is 3. The van der Waals surface area contributed by atoms with Crippen LogP contribution in [-0.2, 0) is 0 Å². The molecule has 2 aromatic heterocycles. The van der Waals surface area contributed by atoms with E-state index in [2.05, 4.69) is 217 Å². The van der Waals surface area contributed by atoms with E-state index in [0.717, 1.165) is 61.1 Å². The molecule has 59 heavy (non-hydrogen) atoms. The number of rotatable bonds is 6. The number of hydrogen-bond donors (Lipinski definition) is 0. The minimum absolute atomic E-state index is 0.683. The highest BCUT2D eigenvalue weighted by molar-refractivity contribution is 6.19. The first kappa shape index (κ1) is 33.3. The van der Waals surface area contributed by atoms with Crippen LogP contribution in [0.3, 0.4) is 0 Å². The van der Waals surface area contributed by atoms with Crippen molar-refractivity contribution >= 4 is 32.7 Å². The Balaban J connectivity index is 1.03. The first-order chi connectivity index (χ1) is 29.3. The summed E-state index contributed by atoms with van der Waals surface area (Å²) in [4.78, 5) is 10.9. The normalized spacial score (nSPS) is 11.7. The predicted octanol–water partition coefficient (Wildman–Crippen LogP) is 14.7. The van der Waals surface area contributed by atoms with Crippen molar-refractivity contribution < 1.29 is 0 Å². The van der Waals surface area contributed by atoms with Gasteiger partial charge >= 0.3 is 0 Å². The molecule has 12 rings (SSSR count). The summed E-state index contributed by atoms with van der Waals surface area (Å²) in [6.45, 7) is 0. The number of benzene rings is 9. The fourth-order valence-electron chi connectivity index (χ4n) is 9.27. The van der Waals surface area contributed by atoms with E-state index in [9.17, 15) is 0 Å².